The van der Waals surface area contributed by atoms with Crippen LogP contribution in [0.25, 0.3) is 0 Å². The van der Waals surface area contributed by atoms with Crippen LogP contribution < -0.4 is 14.5 Å². The molecule has 166 valence electrons. The number of pyridine rings is 1. The molecule has 2 aromatic carbocycles. The normalized spacial score (nSPS) is 13.9. The molecule has 32 heavy (non-hydrogen) atoms. The highest BCUT2D eigenvalue weighted by molar-refractivity contribution is 6.13. The molecule has 9 heteroatoms. The Morgan fingerprint density at radius 3 is 2.34 bits per heavy atom. The van der Waals surface area contributed by atoms with E-state index >= 15 is 0 Å². The van der Waals surface area contributed by atoms with Crippen molar-refractivity contribution in [2.45, 2.75) is 20.0 Å². The number of rotatable bonds is 3. The number of nitrogens with zero attached hydrogens (tertiary/aromatic N) is 3. The zero-order chi connectivity index (χ0) is 23.2. The van der Waals surface area contributed by atoms with Crippen molar-refractivity contribution in [2.75, 3.05) is 23.6 Å². The van der Waals surface area contributed by atoms with Gasteiger partial charge in [-0.3, -0.25) is 9.69 Å². The lowest BCUT2D eigenvalue weighted by atomic mass is 10.0. The third-order valence-electron chi connectivity index (χ3n) is 5.37. The maximum absolute atomic E-state index is 13.7. The lowest BCUT2D eigenvalue weighted by Gasteiger charge is -2.39. The summed E-state index contributed by atoms with van der Waals surface area (Å²) in [7, 11) is 1.45. The molecule has 0 atom stereocenters. The van der Waals surface area contributed by atoms with Crippen LogP contribution in [0.4, 0.5) is 34.6 Å². The molecule has 0 saturated heterocycles. The third kappa shape index (κ3) is 3.74. The molecule has 5 nitrogen and oxygen atoms in total. The molecule has 1 aliphatic heterocycles. The van der Waals surface area contributed by atoms with E-state index in [0.29, 0.717) is 28.4 Å². The second-order valence-electron chi connectivity index (χ2n) is 7.48. The van der Waals surface area contributed by atoms with E-state index in [4.69, 9.17) is 4.74 Å². The number of aryl methyl sites for hydroxylation is 2. The highest BCUT2D eigenvalue weighted by Gasteiger charge is 2.37. The fraction of sp³-hybridized carbons (Fsp3) is 0.217. The topological polar surface area (TPSA) is 45.7 Å². The van der Waals surface area contributed by atoms with E-state index in [2.05, 4.69) is 4.98 Å². The number of fused-ring (bicyclic) bond motifs is 1. The fourth-order valence-corrected chi connectivity index (χ4v) is 3.75. The van der Waals surface area contributed by atoms with E-state index in [1.807, 2.05) is 0 Å². The SMILES string of the molecule is COc1cc(N2CN(c3ccc(F)cc3C)c3cc(C(F)(F)F)ccc3C2=O)c(C)cn1. The van der Waals surface area contributed by atoms with E-state index in [9.17, 15) is 22.4 Å². The Morgan fingerprint density at radius 1 is 0.938 bits per heavy atom. The Kier molecular flexibility index (Phi) is 5.28. The van der Waals surface area contributed by atoms with Crippen LogP contribution in [0.1, 0.15) is 27.0 Å². The van der Waals surface area contributed by atoms with Crippen molar-refractivity contribution in [1.29, 1.82) is 0 Å². The summed E-state index contributed by atoms with van der Waals surface area (Å²) in [5.41, 5.74) is 1.54. The van der Waals surface area contributed by atoms with Crippen LogP contribution in [0, 0.1) is 19.7 Å². The van der Waals surface area contributed by atoms with Crippen LogP contribution >= 0.6 is 0 Å². The number of methoxy groups -OCH3 is 1. The molecule has 1 aromatic heterocycles. The predicted octanol–water partition coefficient (Wildman–Crippen LogP) is 5.62. The number of amides is 1. The van der Waals surface area contributed by atoms with Gasteiger partial charge in [0.25, 0.3) is 5.91 Å². The highest BCUT2D eigenvalue weighted by Crippen LogP contribution is 2.41. The number of alkyl halides is 3. The van der Waals surface area contributed by atoms with Gasteiger partial charge in [0.15, 0.2) is 0 Å². The molecule has 3 aromatic rings. The Labute approximate surface area is 181 Å². The highest BCUT2D eigenvalue weighted by atomic mass is 19.4. The summed E-state index contributed by atoms with van der Waals surface area (Å²) in [6.07, 6.45) is -3.02. The maximum Gasteiger partial charge on any atom is 0.416 e. The van der Waals surface area contributed by atoms with Crippen LogP contribution in [-0.2, 0) is 6.18 Å². The lowest BCUT2D eigenvalue weighted by Crippen LogP contribution is -2.45. The Bertz CT molecular complexity index is 1210. The number of anilines is 3. The zero-order valence-corrected chi connectivity index (χ0v) is 17.5. The monoisotopic (exact) mass is 445 g/mol. The van der Waals surface area contributed by atoms with Gasteiger partial charge in [-0.05, 0) is 61.4 Å². The van der Waals surface area contributed by atoms with Crippen molar-refractivity contribution in [3.63, 3.8) is 0 Å². The number of ether oxygens (including phenoxy) is 1. The minimum Gasteiger partial charge on any atom is -0.481 e. The number of aromatic nitrogens is 1. The predicted molar refractivity (Wildman–Crippen MR) is 112 cm³/mol. The molecule has 1 amide bonds. The van der Waals surface area contributed by atoms with Gasteiger partial charge in [0.1, 0.15) is 12.5 Å². The Morgan fingerprint density at radius 2 is 1.69 bits per heavy atom. The molecule has 0 radical (unpaired) electrons. The van der Waals surface area contributed by atoms with Gasteiger partial charge in [0.2, 0.25) is 5.88 Å². The molecular weight excluding hydrogens is 426 g/mol. The van der Waals surface area contributed by atoms with Crippen molar-refractivity contribution in [2.24, 2.45) is 0 Å². The van der Waals surface area contributed by atoms with E-state index < -0.39 is 23.5 Å². The van der Waals surface area contributed by atoms with Crippen molar-refractivity contribution < 1.29 is 27.1 Å². The summed E-state index contributed by atoms with van der Waals surface area (Å²) in [4.78, 5) is 20.5. The molecule has 0 fully saturated rings. The summed E-state index contributed by atoms with van der Waals surface area (Å²) in [5, 5.41) is 0. The minimum absolute atomic E-state index is 0.0758. The van der Waals surface area contributed by atoms with Gasteiger partial charge in [0.05, 0.1) is 29.6 Å². The van der Waals surface area contributed by atoms with Gasteiger partial charge in [0, 0.05) is 18.0 Å². The molecule has 0 bridgehead atoms. The van der Waals surface area contributed by atoms with Crippen molar-refractivity contribution >= 4 is 23.0 Å². The number of hydrogen-bond acceptors (Lipinski definition) is 4. The van der Waals surface area contributed by atoms with E-state index in [-0.39, 0.29) is 17.9 Å². The number of hydrogen-bond donors (Lipinski definition) is 0. The van der Waals surface area contributed by atoms with Crippen LogP contribution in [0.15, 0.2) is 48.7 Å². The molecule has 0 N–H and O–H groups in total. The molecule has 1 aliphatic rings. The summed E-state index contributed by atoms with van der Waals surface area (Å²) >= 11 is 0. The standard InChI is InChI=1S/C23H19F4N3O2/c1-13-8-16(24)5-7-18(13)29-12-30(19-10-21(32-3)28-11-14(19)2)22(31)17-6-4-15(9-20(17)29)23(25,26)27/h4-11H,12H2,1-3H3. The molecule has 4 rings (SSSR count). The van der Waals surface area contributed by atoms with Gasteiger partial charge in [-0.1, -0.05) is 0 Å². The van der Waals surface area contributed by atoms with Crippen molar-refractivity contribution in [3.8, 4) is 5.88 Å². The molecule has 0 aliphatic carbocycles. The maximum atomic E-state index is 13.7. The third-order valence-corrected chi connectivity index (χ3v) is 5.37. The van der Waals surface area contributed by atoms with Gasteiger partial charge in [-0.15, -0.1) is 0 Å². The largest absolute Gasteiger partial charge is 0.481 e. The molecular formula is C23H19F4N3O2. The second-order valence-corrected chi connectivity index (χ2v) is 7.48. The van der Waals surface area contributed by atoms with Crippen LogP contribution in [-0.4, -0.2) is 24.7 Å². The number of carbonyl (C=O) groups is 1. The first-order valence-corrected chi connectivity index (χ1v) is 9.67. The van der Waals surface area contributed by atoms with Crippen LogP contribution in [0.5, 0.6) is 5.88 Å². The van der Waals surface area contributed by atoms with E-state index in [1.54, 1.807) is 31.0 Å². The Balaban J connectivity index is 1.92. The van der Waals surface area contributed by atoms with E-state index in [1.165, 1.54) is 36.3 Å². The first-order valence-electron chi connectivity index (χ1n) is 9.67. The second kappa shape index (κ2) is 7.81. The van der Waals surface area contributed by atoms with Gasteiger partial charge in [-0.25, -0.2) is 9.37 Å². The molecule has 2 heterocycles. The van der Waals surface area contributed by atoms with E-state index in [0.717, 1.165) is 12.1 Å². The van der Waals surface area contributed by atoms with Crippen molar-refractivity contribution in [1.82, 2.24) is 4.98 Å². The van der Waals surface area contributed by atoms with Gasteiger partial charge < -0.3 is 9.64 Å². The molecule has 0 saturated carbocycles. The summed E-state index contributed by atoms with van der Waals surface area (Å²) in [6, 6.07) is 8.62. The molecule has 0 spiro atoms. The Hall–Kier alpha value is -3.62. The van der Waals surface area contributed by atoms with Gasteiger partial charge in [-0.2, -0.15) is 13.2 Å². The minimum atomic E-state index is -4.58. The number of benzene rings is 2. The summed E-state index contributed by atoms with van der Waals surface area (Å²) in [5.74, 6) is -0.627. The van der Waals surface area contributed by atoms with Crippen LogP contribution in [0.2, 0.25) is 0 Å². The number of halogens is 4. The fourth-order valence-electron chi connectivity index (χ4n) is 3.75. The first-order chi connectivity index (χ1) is 15.1. The smallest absolute Gasteiger partial charge is 0.416 e. The summed E-state index contributed by atoms with van der Waals surface area (Å²) in [6.45, 7) is 3.35. The number of carbonyl (C=O) groups excluding carboxylic acids is 1. The average Bonchev–Trinajstić information content (AvgIpc) is 2.74. The zero-order valence-electron chi connectivity index (χ0n) is 17.5. The average molecular weight is 445 g/mol. The molecule has 0 unspecified atom stereocenters. The van der Waals surface area contributed by atoms with Gasteiger partial charge >= 0.3 is 6.18 Å². The lowest BCUT2D eigenvalue weighted by molar-refractivity contribution is -0.137. The first kappa shape index (κ1) is 21.6. The quantitative estimate of drug-likeness (QED) is 0.491. The summed E-state index contributed by atoms with van der Waals surface area (Å²) < 4.78 is 59.1. The van der Waals surface area contributed by atoms with Crippen molar-refractivity contribution in [3.05, 3.63) is 76.7 Å². The van der Waals surface area contributed by atoms with Crippen LogP contribution in [0.3, 0.4) is 0 Å².